The average molecular weight is 353 g/mol. The van der Waals surface area contributed by atoms with Crippen molar-refractivity contribution in [2.75, 3.05) is 20.6 Å². The molecule has 0 aliphatic heterocycles. The van der Waals surface area contributed by atoms with Gasteiger partial charge in [-0.25, -0.2) is 13.1 Å². The largest absolute Gasteiger partial charge is 0.301 e. The maximum absolute atomic E-state index is 12.3. The zero-order valence-electron chi connectivity index (χ0n) is 13.2. The molecule has 2 rings (SSSR count). The van der Waals surface area contributed by atoms with Crippen molar-refractivity contribution in [1.82, 2.24) is 9.62 Å². The molecule has 0 radical (unpaired) electrons. The fraction of sp³-hybridized carbons (Fsp3) is 0.294. The quantitative estimate of drug-likeness (QED) is 0.833. The van der Waals surface area contributed by atoms with Crippen LogP contribution in [0, 0.1) is 0 Å². The van der Waals surface area contributed by atoms with Gasteiger partial charge in [0.25, 0.3) is 0 Å². The molecule has 6 heteroatoms. The van der Waals surface area contributed by atoms with E-state index in [1.807, 2.05) is 49.3 Å². The van der Waals surface area contributed by atoms with Crippen molar-refractivity contribution in [2.24, 2.45) is 0 Å². The van der Waals surface area contributed by atoms with Gasteiger partial charge in [0.15, 0.2) is 0 Å². The molecule has 23 heavy (non-hydrogen) atoms. The van der Waals surface area contributed by atoms with E-state index in [0.29, 0.717) is 17.1 Å². The lowest BCUT2D eigenvalue weighted by Crippen LogP contribution is -2.35. The molecular formula is C17H21ClN2O2S. The monoisotopic (exact) mass is 352 g/mol. The minimum atomic E-state index is -3.45. The highest BCUT2D eigenvalue weighted by Crippen LogP contribution is 2.19. The fourth-order valence-corrected chi connectivity index (χ4v) is 3.81. The molecule has 0 saturated carbocycles. The van der Waals surface area contributed by atoms with Gasteiger partial charge in [-0.1, -0.05) is 60.1 Å². The van der Waals surface area contributed by atoms with E-state index >= 15 is 0 Å². The molecule has 1 atom stereocenters. The van der Waals surface area contributed by atoms with Crippen molar-refractivity contribution in [3.8, 4) is 0 Å². The summed E-state index contributed by atoms with van der Waals surface area (Å²) in [6, 6.07) is 16.8. The molecule has 124 valence electrons. The van der Waals surface area contributed by atoms with Crippen molar-refractivity contribution in [2.45, 2.75) is 11.8 Å². The molecule has 0 saturated heterocycles. The van der Waals surface area contributed by atoms with Crippen molar-refractivity contribution in [3.05, 3.63) is 70.7 Å². The Morgan fingerprint density at radius 3 is 2.26 bits per heavy atom. The van der Waals surface area contributed by atoms with Crippen molar-refractivity contribution in [1.29, 1.82) is 0 Å². The van der Waals surface area contributed by atoms with Crippen LogP contribution in [0.1, 0.15) is 17.2 Å². The maximum atomic E-state index is 12.3. The third-order valence-electron chi connectivity index (χ3n) is 3.61. The molecule has 0 heterocycles. The van der Waals surface area contributed by atoms with Crippen LogP contribution in [0.4, 0.5) is 0 Å². The Morgan fingerprint density at radius 2 is 1.65 bits per heavy atom. The third kappa shape index (κ3) is 5.32. The minimum Gasteiger partial charge on any atom is -0.301 e. The number of halogens is 1. The fourth-order valence-electron chi connectivity index (χ4n) is 2.35. The zero-order valence-corrected chi connectivity index (χ0v) is 14.8. The Morgan fingerprint density at radius 1 is 1.04 bits per heavy atom. The summed E-state index contributed by atoms with van der Waals surface area (Å²) in [5, 5.41) is 0.463. The molecular weight excluding hydrogens is 332 g/mol. The summed E-state index contributed by atoms with van der Waals surface area (Å²) in [5.74, 6) is -0.123. The normalized spacial score (nSPS) is 13.2. The predicted molar refractivity (Wildman–Crippen MR) is 94.9 cm³/mol. The first kappa shape index (κ1) is 17.9. The molecule has 0 spiro atoms. The zero-order chi connectivity index (χ0) is 16.9. The Balaban J connectivity index is 2.07. The van der Waals surface area contributed by atoms with Crippen LogP contribution in [0.2, 0.25) is 5.02 Å². The van der Waals surface area contributed by atoms with Gasteiger partial charge in [-0.2, -0.15) is 0 Å². The van der Waals surface area contributed by atoms with Crippen molar-refractivity contribution in [3.63, 3.8) is 0 Å². The first-order valence-electron chi connectivity index (χ1n) is 7.31. The molecule has 0 aliphatic rings. The van der Waals surface area contributed by atoms with Gasteiger partial charge >= 0.3 is 0 Å². The smallest absolute Gasteiger partial charge is 0.215 e. The van der Waals surface area contributed by atoms with E-state index in [1.165, 1.54) is 0 Å². The molecule has 1 N–H and O–H groups in total. The molecule has 0 bridgehead atoms. The van der Waals surface area contributed by atoms with Crippen LogP contribution in [-0.4, -0.2) is 34.0 Å². The van der Waals surface area contributed by atoms with E-state index in [0.717, 1.165) is 5.56 Å². The van der Waals surface area contributed by atoms with E-state index in [2.05, 4.69) is 4.72 Å². The van der Waals surface area contributed by atoms with Crippen LogP contribution in [-0.2, 0) is 15.8 Å². The van der Waals surface area contributed by atoms with Crippen LogP contribution in [0.3, 0.4) is 0 Å². The van der Waals surface area contributed by atoms with Crippen LogP contribution in [0.5, 0.6) is 0 Å². The molecule has 2 aromatic rings. The SMILES string of the molecule is CN(C)C(CNS(=O)(=O)Cc1ccccc1Cl)c1ccccc1. The molecule has 1 unspecified atom stereocenters. The van der Waals surface area contributed by atoms with Gasteiger partial charge in [-0.15, -0.1) is 0 Å². The number of likely N-dealkylation sites (N-methyl/N-ethyl adjacent to an activating group) is 1. The predicted octanol–water partition coefficient (Wildman–Crippen LogP) is 3.06. The van der Waals surface area contributed by atoms with Crippen molar-refractivity contribution < 1.29 is 8.42 Å². The van der Waals surface area contributed by atoms with Gasteiger partial charge in [-0.3, -0.25) is 0 Å². The highest BCUT2D eigenvalue weighted by molar-refractivity contribution is 7.88. The van der Waals surface area contributed by atoms with Crippen LogP contribution < -0.4 is 4.72 Å². The van der Waals surface area contributed by atoms with E-state index in [4.69, 9.17) is 11.6 Å². The van der Waals surface area contributed by atoms with Gasteiger partial charge in [0.2, 0.25) is 10.0 Å². The van der Waals surface area contributed by atoms with E-state index in [1.54, 1.807) is 24.3 Å². The highest BCUT2D eigenvalue weighted by atomic mass is 35.5. The molecule has 0 fully saturated rings. The number of nitrogens with zero attached hydrogens (tertiary/aromatic N) is 1. The summed E-state index contributed by atoms with van der Waals surface area (Å²) in [5.41, 5.74) is 1.67. The number of nitrogens with one attached hydrogen (secondary N) is 1. The average Bonchev–Trinajstić information content (AvgIpc) is 2.50. The molecule has 0 amide bonds. The maximum Gasteiger partial charge on any atom is 0.215 e. The van der Waals surface area contributed by atoms with Crippen molar-refractivity contribution >= 4 is 21.6 Å². The second-order valence-electron chi connectivity index (χ2n) is 5.59. The van der Waals surface area contributed by atoms with Gasteiger partial charge in [0.05, 0.1) is 5.75 Å². The summed E-state index contributed by atoms with van der Waals surface area (Å²) in [7, 11) is 0.406. The third-order valence-corrected chi connectivity index (χ3v) is 5.27. The lowest BCUT2D eigenvalue weighted by Gasteiger charge is -2.25. The number of hydrogen-bond acceptors (Lipinski definition) is 3. The second-order valence-corrected chi connectivity index (χ2v) is 7.80. The number of benzene rings is 2. The molecule has 4 nitrogen and oxygen atoms in total. The number of sulfonamides is 1. The van der Waals surface area contributed by atoms with Gasteiger partial charge in [-0.05, 0) is 31.3 Å². The summed E-state index contributed by atoms with van der Waals surface area (Å²) in [6.45, 7) is 0.309. The lowest BCUT2D eigenvalue weighted by molar-refractivity contribution is 0.299. The van der Waals surface area contributed by atoms with Crippen LogP contribution >= 0.6 is 11.6 Å². The van der Waals surface area contributed by atoms with E-state index in [-0.39, 0.29) is 11.8 Å². The van der Waals surface area contributed by atoms with Crippen LogP contribution in [0.15, 0.2) is 54.6 Å². The van der Waals surface area contributed by atoms with E-state index < -0.39 is 10.0 Å². The number of hydrogen-bond donors (Lipinski definition) is 1. The van der Waals surface area contributed by atoms with Gasteiger partial charge < -0.3 is 4.90 Å². The Kier molecular flexibility index (Phi) is 6.18. The Labute approximate surface area is 143 Å². The highest BCUT2D eigenvalue weighted by Gasteiger charge is 2.19. The van der Waals surface area contributed by atoms with E-state index in [9.17, 15) is 8.42 Å². The first-order valence-corrected chi connectivity index (χ1v) is 9.34. The summed E-state index contributed by atoms with van der Waals surface area (Å²) < 4.78 is 27.3. The van der Waals surface area contributed by atoms with Crippen LogP contribution in [0.25, 0.3) is 0 Å². The van der Waals surface area contributed by atoms with Gasteiger partial charge in [0, 0.05) is 17.6 Å². The molecule has 2 aromatic carbocycles. The molecule has 0 aromatic heterocycles. The first-order chi connectivity index (χ1) is 10.9. The Hall–Kier alpha value is -1.40. The lowest BCUT2D eigenvalue weighted by atomic mass is 10.1. The second kappa shape index (κ2) is 7.93. The van der Waals surface area contributed by atoms with Gasteiger partial charge in [0.1, 0.15) is 0 Å². The molecule has 0 aliphatic carbocycles. The number of rotatable bonds is 7. The minimum absolute atomic E-state index is 0.0304. The summed E-state index contributed by atoms with van der Waals surface area (Å²) >= 11 is 6.04. The topological polar surface area (TPSA) is 49.4 Å². The summed E-state index contributed by atoms with van der Waals surface area (Å²) in [4.78, 5) is 1.99. The Bertz CT molecular complexity index is 733. The standard InChI is InChI=1S/C17H21ClN2O2S/c1-20(2)17(14-8-4-3-5-9-14)12-19-23(21,22)13-15-10-6-7-11-16(15)18/h3-11,17,19H,12-13H2,1-2H3. The summed E-state index contributed by atoms with van der Waals surface area (Å²) in [6.07, 6.45) is 0.